The zero-order valence-electron chi connectivity index (χ0n) is 10.3. The highest BCUT2D eigenvalue weighted by Crippen LogP contribution is 2.36. The summed E-state index contributed by atoms with van der Waals surface area (Å²) >= 11 is 0. The monoisotopic (exact) mass is 215 g/mol. The second kappa shape index (κ2) is 3.59. The second-order valence-corrected chi connectivity index (χ2v) is 5.95. The molecule has 2 aliphatic carbocycles. The van der Waals surface area contributed by atoms with Gasteiger partial charge in [0.05, 0.1) is 0 Å². The number of benzene rings is 1. The smallest absolute Gasteiger partial charge is 0.0236 e. The fourth-order valence-electron chi connectivity index (χ4n) is 3.17. The van der Waals surface area contributed by atoms with Gasteiger partial charge in [0, 0.05) is 11.6 Å². The molecule has 3 rings (SSSR count). The molecule has 16 heavy (non-hydrogen) atoms. The van der Waals surface area contributed by atoms with E-state index in [1.165, 1.54) is 25.7 Å². The molecule has 1 aromatic carbocycles. The second-order valence-electron chi connectivity index (χ2n) is 5.95. The summed E-state index contributed by atoms with van der Waals surface area (Å²) in [6.07, 6.45) is 5.24. The third-order valence-electron chi connectivity index (χ3n) is 4.18. The van der Waals surface area contributed by atoms with E-state index >= 15 is 0 Å². The average Bonchev–Trinajstić information content (AvgIpc) is 3.00. The first-order chi connectivity index (χ1) is 7.66. The van der Waals surface area contributed by atoms with E-state index in [1.807, 2.05) is 0 Å². The molecule has 2 aliphatic rings. The third kappa shape index (κ3) is 1.89. The number of hydrogen-bond donors (Lipinski definition) is 1. The minimum absolute atomic E-state index is 0.297. The molecule has 0 saturated heterocycles. The van der Waals surface area contributed by atoms with Gasteiger partial charge < -0.3 is 5.32 Å². The maximum Gasteiger partial charge on any atom is 0.0236 e. The molecule has 0 amide bonds. The van der Waals surface area contributed by atoms with Gasteiger partial charge in [-0.3, -0.25) is 0 Å². The van der Waals surface area contributed by atoms with Crippen molar-refractivity contribution in [3.8, 4) is 0 Å². The van der Waals surface area contributed by atoms with E-state index < -0.39 is 0 Å². The van der Waals surface area contributed by atoms with Crippen LogP contribution >= 0.6 is 0 Å². The van der Waals surface area contributed by atoms with E-state index in [4.69, 9.17) is 0 Å². The van der Waals surface area contributed by atoms with Gasteiger partial charge in [0.15, 0.2) is 0 Å². The van der Waals surface area contributed by atoms with Gasteiger partial charge in [0.1, 0.15) is 0 Å². The lowest BCUT2D eigenvalue weighted by Gasteiger charge is -2.30. The summed E-state index contributed by atoms with van der Waals surface area (Å²) in [5.41, 5.74) is 3.38. The molecule has 1 saturated carbocycles. The Balaban J connectivity index is 1.72. The zero-order valence-corrected chi connectivity index (χ0v) is 10.3. The third-order valence-corrected chi connectivity index (χ3v) is 4.18. The first-order valence-electron chi connectivity index (χ1n) is 6.51. The van der Waals surface area contributed by atoms with Crippen LogP contribution in [-0.2, 0) is 12.8 Å². The Hall–Kier alpha value is -0.820. The Morgan fingerprint density at radius 3 is 2.25 bits per heavy atom. The standard InChI is InChI=1S/C15H21N/c1-11(12-7-8-12)16-15(2)9-13-5-3-4-6-14(13)10-15/h3-6,11-12,16H,7-10H2,1-2H3. The molecule has 1 nitrogen and oxygen atoms in total. The largest absolute Gasteiger partial charge is 0.308 e. The summed E-state index contributed by atoms with van der Waals surface area (Å²) in [6, 6.07) is 9.58. The minimum atomic E-state index is 0.297. The van der Waals surface area contributed by atoms with Crippen LogP contribution < -0.4 is 5.32 Å². The van der Waals surface area contributed by atoms with E-state index in [0.29, 0.717) is 11.6 Å². The maximum absolute atomic E-state index is 3.86. The topological polar surface area (TPSA) is 12.0 Å². The van der Waals surface area contributed by atoms with Gasteiger partial charge in [-0.1, -0.05) is 24.3 Å². The van der Waals surface area contributed by atoms with Gasteiger partial charge in [-0.05, 0) is 56.6 Å². The fraction of sp³-hybridized carbons (Fsp3) is 0.600. The van der Waals surface area contributed by atoms with Gasteiger partial charge in [-0.2, -0.15) is 0 Å². The molecule has 0 bridgehead atoms. The lowest BCUT2D eigenvalue weighted by molar-refractivity contribution is 0.313. The van der Waals surface area contributed by atoms with E-state index in [2.05, 4.69) is 43.4 Å². The van der Waals surface area contributed by atoms with Crippen LogP contribution in [0.25, 0.3) is 0 Å². The normalized spacial score (nSPS) is 24.1. The molecular formula is C15H21N. The average molecular weight is 215 g/mol. The van der Waals surface area contributed by atoms with Crippen molar-refractivity contribution in [2.24, 2.45) is 5.92 Å². The molecule has 0 aliphatic heterocycles. The van der Waals surface area contributed by atoms with Crippen molar-refractivity contribution in [1.82, 2.24) is 5.32 Å². The molecule has 1 heteroatoms. The van der Waals surface area contributed by atoms with E-state index in [0.717, 1.165) is 5.92 Å². The van der Waals surface area contributed by atoms with Crippen molar-refractivity contribution in [1.29, 1.82) is 0 Å². The quantitative estimate of drug-likeness (QED) is 0.817. The van der Waals surface area contributed by atoms with Gasteiger partial charge in [-0.25, -0.2) is 0 Å². The number of hydrogen-bond acceptors (Lipinski definition) is 1. The van der Waals surface area contributed by atoms with Crippen molar-refractivity contribution >= 4 is 0 Å². The molecular weight excluding hydrogens is 194 g/mol. The van der Waals surface area contributed by atoms with Crippen molar-refractivity contribution in [3.05, 3.63) is 35.4 Å². The van der Waals surface area contributed by atoms with Crippen LogP contribution in [0.5, 0.6) is 0 Å². The Labute approximate surface area is 98.3 Å². The maximum atomic E-state index is 3.86. The molecule has 0 radical (unpaired) electrons. The van der Waals surface area contributed by atoms with Crippen LogP contribution in [-0.4, -0.2) is 11.6 Å². The van der Waals surface area contributed by atoms with E-state index in [1.54, 1.807) is 11.1 Å². The summed E-state index contributed by atoms with van der Waals surface area (Å²) in [4.78, 5) is 0. The Kier molecular flexibility index (Phi) is 2.32. The van der Waals surface area contributed by atoms with Crippen LogP contribution in [0.1, 0.15) is 37.8 Å². The summed E-state index contributed by atoms with van der Waals surface area (Å²) in [7, 11) is 0. The summed E-state index contributed by atoms with van der Waals surface area (Å²) in [5.74, 6) is 0.945. The van der Waals surface area contributed by atoms with Crippen LogP contribution in [0.2, 0.25) is 0 Å². The molecule has 0 spiro atoms. The van der Waals surface area contributed by atoms with Gasteiger partial charge in [0.25, 0.3) is 0 Å². The first-order valence-corrected chi connectivity index (χ1v) is 6.51. The first kappa shape index (κ1) is 10.3. The van der Waals surface area contributed by atoms with Crippen molar-refractivity contribution < 1.29 is 0 Å². The van der Waals surface area contributed by atoms with Crippen LogP contribution in [0.3, 0.4) is 0 Å². The predicted molar refractivity (Wildman–Crippen MR) is 67.6 cm³/mol. The van der Waals surface area contributed by atoms with Gasteiger partial charge in [0.2, 0.25) is 0 Å². The lowest BCUT2D eigenvalue weighted by Crippen LogP contribution is -2.48. The van der Waals surface area contributed by atoms with Crippen molar-refractivity contribution in [3.63, 3.8) is 0 Å². The highest BCUT2D eigenvalue weighted by Gasteiger charge is 2.37. The Bertz CT molecular complexity index is 367. The molecule has 86 valence electrons. The minimum Gasteiger partial charge on any atom is -0.308 e. The van der Waals surface area contributed by atoms with E-state index in [-0.39, 0.29) is 0 Å². The molecule has 1 N–H and O–H groups in total. The van der Waals surface area contributed by atoms with Crippen LogP contribution in [0.4, 0.5) is 0 Å². The molecule has 1 fully saturated rings. The molecule has 0 heterocycles. The van der Waals surface area contributed by atoms with E-state index in [9.17, 15) is 0 Å². The predicted octanol–water partition coefficient (Wildman–Crippen LogP) is 2.93. The van der Waals surface area contributed by atoms with Crippen molar-refractivity contribution in [2.75, 3.05) is 0 Å². The Morgan fingerprint density at radius 2 is 1.75 bits per heavy atom. The number of rotatable bonds is 3. The molecule has 1 aromatic rings. The lowest BCUT2D eigenvalue weighted by atomic mass is 9.96. The van der Waals surface area contributed by atoms with Crippen LogP contribution in [0.15, 0.2) is 24.3 Å². The Morgan fingerprint density at radius 1 is 1.19 bits per heavy atom. The van der Waals surface area contributed by atoms with Crippen LogP contribution in [0, 0.1) is 5.92 Å². The number of nitrogens with one attached hydrogen (secondary N) is 1. The summed E-state index contributed by atoms with van der Waals surface area (Å²) in [5, 5.41) is 3.86. The number of fused-ring (bicyclic) bond motifs is 1. The highest BCUT2D eigenvalue weighted by atomic mass is 15.0. The zero-order chi connectivity index (χ0) is 11.2. The fourth-order valence-corrected chi connectivity index (χ4v) is 3.17. The molecule has 1 unspecified atom stereocenters. The SMILES string of the molecule is CC(NC1(C)Cc2ccccc2C1)C1CC1. The summed E-state index contributed by atoms with van der Waals surface area (Å²) in [6.45, 7) is 4.73. The van der Waals surface area contributed by atoms with Gasteiger partial charge in [-0.15, -0.1) is 0 Å². The van der Waals surface area contributed by atoms with Gasteiger partial charge >= 0.3 is 0 Å². The molecule has 0 aromatic heterocycles. The molecule has 1 atom stereocenters. The van der Waals surface area contributed by atoms with Crippen molar-refractivity contribution in [2.45, 2.75) is 51.1 Å². The summed E-state index contributed by atoms with van der Waals surface area (Å²) < 4.78 is 0. The highest BCUT2D eigenvalue weighted by molar-refractivity contribution is 5.35.